The van der Waals surface area contributed by atoms with E-state index in [1.165, 1.54) is 16.7 Å². The fourth-order valence-electron chi connectivity index (χ4n) is 4.77. The van der Waals surface area contributed by atoms with Crippen molar-refractivity contribution in [2.75, 3.05) is 0 Å². The maximum absolute atomic E-state index is 7.42. The first-order valence-corrected chi connectivity index (χ1v) is 14.8. The number of hydrogen-bond acceptors (Lipinski definition) is 0. The van der Waals surface area contributed by atoms with Crippen molar-refractivity contribution < 1.29 is 0 Å². The van der Waals surface area contributed by atoms with E-state index in [1.54, 1.807) is 0 Å². The molecule has 1 aliphatic heterocycles. The van der Waals surface area contributed by atoms with Crippen LogP contribution >= 0.6 is 18.5 Å². The van der Waals surface area contributed by atoms with Gasteiger partial charge < -0.3 is 0 Å². The molecule has 3 heteroatoms. The van der Waals surface area contributed by atoms with Gasteiger partial charge in [0.25, 0.3) is 0 Å². The highest BCUT2D eigenvalue weighted by Crippen LogP contribution is 2.98. The lowest BCUT2D eigenvalue weighted by molar-refractivity contribution is 0.743. The van der Waals surface area contributed by atoms with Gasteiger partial charge >= 0.3 is 0 Å². The van der Waals surface area contributed by atoms with E-state index in [0.29, 0.717) is 0 Å². The normalized spacial score (nSPS) is 24.2. The van der Waals surface area contributed by atoms with Crippen LogP contribution in [0.5, 0.6) is 0 Å². The van der Waals surface area contributed by atoms with Crippen molar-refractivity contribution in [1.29, 1.82) is 0 Å². The van der Waals surface area contributed by atoms with Crippen molar-refractivity contribution in [3.05, 3.63) is 108 Å². The molecule has 26 heavy (non-hydrogen) atoms. The highest BCUT2D eigenvalue weighted by atomic mass is 35.7. The molecular weight excluding hydrogens is 371 g/mol. The van der Waals surface area contributed by atoms with Gasteiger partial charge in [0.1, 0.15) is 0 Å². The molecule has 0 radical (unpaired) electrons. The number of hydrogen-bond donors (Lipinski definition) is 0. The summed E-state index contributed by atoms with van der Waals surface area (Å²) in [4.78, 5) is 0. The van der Waals surface area contributed by atoms with E-state index in [2.05, 4.69) is 111 Å². The zero-order chi connectivity index (χ0) is 18.4. The van der Waals surface area contributed by atoms with Gasteiger partial charge in [-0.1, -0.05) is 122 Å². The van der Waals surface area contributed by atoms with E-state index in [1.807, 2.05) is 0 Å². The molecule has 0 spiro atoms. The summed E-state index contributed by atoms with van der Waals surface area (Å²) in [7, 11) is -2.43. The topological polar surface area (TPSA) is 0 Å². The lowest BCUT2D eigenvalue weighted by atomic mass is 9.85. The Bertz CT molecular complexity index is 850. The Balaban J connectivity index is 2.07. The summed E-state index contributed by atoms with van der Waals surface area (Å²) in [5.41, 5.74) is 4.13. The monoisotopic (exact) mass is 394 g/mol. The Hall–Kier alpha value is -1.40. The van der Waals surface area contributed by atoms with Crippen molar-refractivity contribution in [2.24, 2.45) is 0 Å². The molecule has 1 fully saturated rings. The summed E-state index contributed by atoms with van der Waals surface area (Å²) < 4.78 is 0.0286. The Labute approximate surface area is 163 Å². The first-order chi connectivity index (χ1) is 12.5. The second-order valence-corrected chi connectivity index (χ2v) is 16.6. The molecule has 3 aromatic carbocycles. The van der Waals surface area contributed by atoms with Gasteiger partial charge in [-0.25, -0.2) is 0 Å². The second kappa shape index (κ2) is 6.34. The quantitative estimate of drug-likeness (QED) is 0.320. The SMILES string of the molecule is C[Si](C)(C)C1(c2ccccc2)P(Cl)C1(c1ccccc1)c1ccccc1. The minimum atomic E-state index is -1.68. The number of rotatable bonds is 4. The minimum Gasteiger partial charge on any atom is -0.0944 e. The van der Waals surface area contributed by atoms with Gasteiger partial charge in [-0.15, -0.1) is 0 Å². The first kappa shape index (κ1) is 18.0. The smallest absolute Gasteiger partial charge is 0.0668 e. The zero-order valence-electron chi connectivity index (χ0n) is 15.5. The Morgan fingerprint density at radius 3 is 1.31 bits per heavy atom. The van der Waals surface area contributed by atoms with Crippen molar-refractivity contribution >= 4 is 26.6 Å². The Morgan fingerprint density at radius 2 is 0.962 bits per heavy atom. The van der Waals surface area contributed by atoms with Gasteiger partial charge in [0.15, 0.2) is 0 Å². The molecule has 0 aliphatic carbocycles. The Kier molecular flexibility index (Phi) is 4.38. The minimum absolute atomic E-state index is 0.0286. The summed E-state index contributed by atoms with van der Waals surface area (Å²) in [5.74, 6) is 0. The first-order valence-electron chi connectivity index (χ1n) is 9.10. The molecule has 0 amide bonds. The van der Waals surface area contributed by atoms with Crippen LogP contribution in [-0.4, -0.2) is 8.07 Å². The van der Waals surface area contributed by atoms with Gasteiger partial charge in [0, 0.05) is 12.1 Å². The molecule has 4 rings (SSSR count). The molecule has 132 valence electrons. The van der Waals surface area contributed by atoms with Gasteiger partial charge in [-0.05, 0) is 16.7 Å². The van der Waals surface area contributed by atoms with Crippen LogP contribution in [0.1, 0.15) is 16.7 Å². The third kappa shape index (κ3) is 2.24. The lowest BCUT2D eigenvalue weighted by Gasteiger charge is -2.35. The number of benzene rings is 3. The highest BCUT2D eigenvalue weighted by Gasteiger charge is 2.82. The van der Waals surface area contributed by atoms with Gasteiger partial charge in [0.2, 0.25) is 0 Å². The lowest BCUT2D eigenvalue weighted by Crippen LogP contribution is -2.44. The van der Waals surface area contributed by atoms with Crippen LogP contribution in [0, 0.1) is 0 Å². The molecule has 0 aromatic heterocycles. The average Bonchev–Trinajstić information content (AvgIpc) is 3.26. The van der Waals surface area contributed by atoms with Crippen molar-refractivity contribution in [2.45, 2.75) is 29.6 Å². The van der Waals surface area contributed by atoms with E-state index in [4.69, 9.17) is 11.2 Å². The van der Waals surface area contributed by atoms with Crippen LogP contribution in [0.25, 0.3) is 0 Å². The summed E-state index contributed by atoms with van der Waals surface area (Å²) in [6.07, 6.45) is 0. The maximum Gasteiger partial charge on any atom is 0.0668 e. The van der Waals surface area contributed by atoms with Crippen molar-refractivity contribution in [3.8, 4) is 0 Å². The van der Waals surface area contributed by atoms with Gasteiger partial charge in [-0.3, -0.25) is 0 Å². The Morgan fingerprint density at radius 1 is 0.615 bits per heavy atom. The summed E-state index contributed by atoms with van der Waals surface area (Å²) in [6.45, 7) is 7.43. The predicted molar refractivity (Wildman–Crippen MR) is 118 cm³/mol. The van der Waals surface area contributed by atoms with Gasteiger partial charge in [0.05, 0.1) is 13.2 Å². The second-order valence-electron chi connectivity index (χ2n) is 8.05. The highest BCUT2D eigenvalue weighted by molar-refractivity contribution is 7.94. The van der Waals surface area contributed by atoms with E-state index in [9.17, 15) is 0 Å². The molecule has 0 bridgehead atoms. The van der Waals surface area contributed by atoms with E-state index in [-0.39, 0.29) is 9.94 Å². The van der Waals surface area contributed by atoms with Crippen LogP contribution in [0.15, 0.2) is 91.0 Å². The maximum atomic E-state index is 7.42. The van der Waals surface area contributed by atoms with Crippen molar-refractivity contribution in [1.82, 2.24) is 0 Å². The molecule has 1 heterocycles. The summed E-state index contributed by atoms with van der Waals surface area (Å²) in [6, 6.07) is 32.9. The zero-order valence-corrected chi connectivity index (χ0v) is 18.1. The fourth-order valence-corrected chi connectivity index (χ4v) is 17.7. The molecule has 3 aromatic rings. The third-order valence-corrected chi connectivity index (χ3v) is 15.8. The third-order valence-electron chi connectivity index (χ3n) is 5.72. The van der Waals surface area contributed by atoms with Crippen LogP contribution in [0.3, 0.4) is 0 Å². The molecule has 2 atom stereocenters. The number of halogens is 1. The van der Waals surface area contributed by atoms with E-state index in [0.717, 1.165) is 0 Å². The summed E-state index contributed by atoms with van der Waals surface area (Å²) >= 11 is 7.42. The van der Waals surface area contributed by atoms with E-state index < -0.39 is 15.3 Å². The van der Waals surface area contributed by atoms with E-state index >= 15 is 0 Å². The summed E-state index contributed by atoms with van der Waals surface area (Å²) in [5, 5.41) is -0.113. The largest absolute Gasteiger partial charge is 0.0944 e. The standard InChI is InChI=1S/C23H24ClPSi/c1-26(2,3)23(21-17-11-6-12-18-21)22(25(23)24,19-13-7-4-8-14-19)20-15-9-5-10-16-20/h4-18H,1-3H3. The molecule has 1 saturated heterocycles. The molecular formula is C23H24ClPSi. The predicted octanol–water partition coefficient (Wildman–Crippen LogP) is 7.35. The molecule has 0 saturated carbocycles. The van der Waals surface area contributed by atoms with Crippen LogP contribution < -0.4 is 0 Å². The van der Waals surface area contributed by atoms with Crippen LogP contribution in [0.2, 0.25) is 19.6 Å². The fraction of sp³-hybridized carbons (Fsp3) is 0.217. The van der Waals surface area contributed by atoms with Crippen molar-refractivity contribution in [3.63, 3.8) is 0 Å². The van der Waals surface area contributed by atoms with Crippen LogP contribution in [-0.2, 0) is 9.94 Å². The molecule has 0 N–H and O–H groups in total. The molecule has 2 unspecified atom stereocenters. The average molecular weight is 395 g/mol. The molecule has 0 nitrogen and oxygen atoms in total. The molecule has 1 aliphatic rings. The van der Waals surface area contributed by atoms with Gasteiger partial charge in [-0.2, -0.15) is 0 Å². The van der Waals surface area contributed by atoms with Crippen LogP contribution in [0.4, 0.5) is 0 Å².